The lowest BCUT2D eigenvalue weighted by molar-refractivity contribution is -0.136. The zero-order chi connectivity index (χ0) is 18.6. The molecule has 0 bridgehead atoms. The first-order valence-corrected chi connectivity index (χ1v) is 9.73. The maximum absolute atomic E-state index is 12.6. The van der Waals surface area contributed by atoms with Crippen molar-refractivity contribution in [2.24, 2.45) is 0 Å². The number of aryl methyl sites for hydroxylation is 1. The smallest absolute Gasteiger partial charge is 0.325 e. The average Bonchev–Trinajstić information content (AvgIpc) is 2.96. The molecular weight excluding hydrogens is 351 g/mol. The molecule has 11 heteroatoms. The lowest BCUT2D eigenvalue weighted by atomic mass is 10.1. The Kier molecular flexibility index (Phi) is 6.21. The maximum atomic E-state index is 12.6. The molecule has 1 atom stereocenters. The second-order valence-electron chi connectivity index (χ2n) is 6.00. The van der Waals surface area contributed by atoms with E-state index in [1.165, 1.54) is 6.92 Å². The first-order valence-electron chi connectivity index (χ1n) is 7.93. The fourth-order valence-electron chi connectivity index (χ4n) is 2.63. The van der Waals surface area contributed by atoms with E-state index in [0.29, 0.717) is 38.0 Å². The van der Waals surface area contributed by atoms with Crippen LogP contribution in [0.5, 0.6) is 0 Å². The molecular formula is C14H23N4O6P. The zero-order valence-corrected chi connectivity index (χ0v) is 15.1. The van der Waals surface area contributed by atoms with Crippen LogP contribution in [-0.2, 0) is 14.2 Å². The lowest BCUT2D eigenvalue weighted by Gasteiger charge is -2.35. The van der Waals surface area contributed by atoms with E-state index < -0.39 is 25.7 Å². The Hall–Kier alpha value is -1.90. The van der Waals surface area contributed by atoms with Crippen LogP contribution in [0.4, 0.5) is 6.01 Å². The third-order valence-corrected chi connectivity index (χ3v) is 4.70. The fraction of sp³-hybridized carbons (Fsp3) is 0.643. The molecule has 1 aliphatic heterocycles. The summed E-state index contributed by atoms with van der Waals surface area (Å²) in [5.74, 6) is -0.0542. The number of nitrogens with zero attached hydrogens (tertiary/aromatic N) is 3. The highest BCUT2D eigenvalue weighted by atomic mass is 31.2. The van der Waals surface area contributed by atoms with Crippen molar-refractivity contribution < 1.29 is 28.4 Å². The van der Waals surface area contributed by atoms with Crippen LogP contribution in [0.1, 0.15) is 19.1 Å². The highest BCUT2D eigenvalue weighted by molar-refractivity contribution is 7.51. The van der Waals surface area contributed by atoms with Crippen molar-refractivity contribution >= 4 is 25.4 Å². The summed E-state index contributed by atoms with van der Waals surface area (Å²) in [6.45, 7) is 4.93. The van der Waals surface area contributed by atoms with Crippen LogP contribution >= 0.6 is 7.60 Å². The summed E-state index contributed by atoms with van der Waals surface area (Å²) in [6.07, 6.45) is 1.06. The van der Waals surface area contributed by atoms with Crippen molar-refractivity contribution in [3.8, 4) is 0 Å². The van der Waals surface area contributed by atoms with Gasteiger partial charge in [0.15, 0.2) is 0 Å². The molecule has 1 aliphatic rings. The highest BCUT2D eigenvalue weighted by Gasteiger charge is 2.30. The summed E-state index contributed by atoms with van der Waals surface area (Å²) in [5, 5.41) is 2.48. The summed E-state index contributed by atoms with van der Waals surface area (Å²) in [6, 6.07) is -0.440. The van der Waals surface area contributed by atoms with Crippen molar-refractivity contribution in [3.63, 3.8) is 0 Å². The quantitative estimate of drug-likeness (QED) is 0.578. The van der Waals surface area contributed by atoms with Crippen molar-refractivity contribution in [3.05, 3.63) is 12.0 Å². The number of hydrogen-bond acceptors (Lipinski definition) is 6. The minimum absolute atomic E-state index is 0.109. The average molecular weight is 374 g/mol. The van der Waals surface area contributed by atoms with Crippen LogP contribution in [0, 0.1) is 6.92 Å². The third-order valence-electron chi connectivity index (χ3n) is 3.86. The van der Waals surface area contributed by atoms with Crippen LogP contribution in [0.25, 0.3) is 0 Å². The number of oxazole rings is 1. The Morgan fingerprint density at radius 3 is 2.48 bits per heavy atom. The molecule has 0 saturated carbocycles. The van der Waals surface area contributed by atoms with Crippen molar-refractivity contribution in [2.45, 2.75) is 26.3 Å². The van der Waals surface area contributed by atoms with Crippen LogP contribution in [0.15, 0.2) is 10.6 Å². The van der Waals surface area contributed by atoms with E-state index in [9.17, 15) is 14.2 Å². The van der Waals surface area contributed by atoms with Gasteiger partial charge in [-0.05, 0) is 13.3 Å². The second-order valence-corrected chi connectivity index (χ2v) is 7.77. The molecule has 25 heavy (non-hydrogen) atoms. The summed E-state index contributed by atoms with van der Waals surface area (Å²) in [4.78, 5) is 49.6. The molecule has 2 rings (SSSR count). The summed E-state index contributed by atoms with van der Waals surface area (Å²) >= 11 is 0. The maximum Gasteiger partial charge on any atom is 0.325 e. The minimum atomic E-state index is -4.24. The molecule has 0 aromatic carbocycles. The van der Waals surface area contributed by atoms with Gasteiger partial charge < -0.3 is 29.3 Å². The molecule has 1 fully saturated rings. The monoisotopic (exact) mass is 374 g/mol. The lowest BCUT2D eigenvalue weighted by Crippen LogP contribution is -2.55. The van der Waals surface area contributed by atoms with E-state index in [-0.39, 0.29) is 12.3 Å². The number of hydrogen-bond donors (Lipinski definition) is 3. The van der Waals surface area contributed by atoms with Gasteiger partial charge in [0.25, 0.3) is 6.01 Å². The number of piperazine rings is 1. The molecule has 2 heterocycles. The van der Waals surface area contributed by atoms with E-state index in [1.54, 1.807) is 18.0 Å². The predicted octanol–water partition coefficient (Wildman–Crippen LogP) is -0.296. The zero-order valence-electron chi connectivity index (χ0n) is 14.2. The van der Waals surface area contributed by atoms with Gasteiger partial charge in [0, 0.05) is 33.1 Å². The van der Waals surface area contributed by atoms with Gasteiger partial charge in [-0.25, -0.2) is 4.98 Å². The summed E-state index contributed by atoms with van der Waals surface area (Å²) < 4.78 is 16.5. The van der Waals surface area contributed by atoms with Crippen molar-refractivity contribution in [1.29, 1.82) is 0 Å². The van der Waals surface area contributed by atoms with E-state index >= 15 is 0 Å². The Balaban J connectivity index is 1.95. The Morgan fingerprint density at radius 2 is 2.00 bits per heavy atom. The number of nitrogens with one attached hydrogen (secondary N) is 1. The molecule has 0 aliphatic carbocycles. The van der Waals surface area contributed by atoms with Gasteiger partial charge in [0.05, 0.1) is 12.4 Å². The summed E-state index contributed by atoms with van der Waals surface area (Å²) in [7, 11) is -4.24. The molecule has 3 N–H and O–H groups in total. The Labute approximate surface area is 145 Å². The van der Waals surface area contributed by atoms with Gasteiger partial charge >= 0.3 is 7.60 Å². The topological polar surface area (TPSA) is 136 Å². The standard InChI is InChI=1S/C14H23N4O6P/c1-10-9-15-14(24-10)18-6-4-17(5-7-18)13(20)12(16-11(2)19)3-8-25(21,22)23/h9,12H,3-8H2,1-2H3,(H,16,19)(H2,21,22,23)/t12-/m0/s1. The van der Waals surface area contributed by atoms with E-state index in [0.717, 1.165) is 0 Å². The SMILES string of the molecule is CC(=O)N[C@@H](CCP(=O)(O)O)C(=O)N1CCN(c2ncc(C)o2)CC1. The van der Waals surface area contributed by atoms with Gasteiger partial charge in [0.1, 0.15) is 11.8 Å². The number of anilines is 1. The van der Waals surface area contributed by atoms with E-state index in [4.69, 9.17) is 14.2 Å². The number of aromatic nitrogens is 1. The molecule has 0 unspecified atom stereocenters. The fourth-order valence-corrected chi connectivity index (χ4v) is 3.22. The van der Waals surface area contributed by atoms with Crippen LogP contribution in [-0.4, -0.2) is 69.9 Å². The van der Waals surface area contributed by atoms with Gasteiger partial charge in [-0.3, -0.25) is 14.2 Å². The second kappa shape index (κ2) is 7.99. The number of carbonyl (C=O) groups is 2. The van der Waals surface area contributed by atoms with E-state index in [2.05, 4.69) is 10.3 Å². The predicted molar refractivity (Wildman–Crippen MR) is 89.2 cm³/mol. The van der Waals surface area contributed by atoms with Crippen LogP contribution in [0.3, 0.4) is 0 Å². The molecule has 0 spiro atoms. The molecule has 2 amide bonds. The third kappa shape index (κ3) is 5.84. The van der Waals surface area contributed by atoms with Gasteiger partial charge in [-0.1, -0.05) is 0 Å². The van der Waals surface area contributed by atoms with E-state index in [1.807, 2.05) is 4.90 Å². The Bertz CT molecular complexity index is 664. The highest BCUT2D eigenvalue weighted by Crippen LogP contribution is 2.35. The minimum Gasteiger partial charge on any atom is -0.429 e. The van der Waals surface area contributed by atoms with Crippen LogP contribution < -0.4 is 10.2 Å². The Morgan fingerprint density at radius 1 is 1.36 bits per heavy atom. The van der Waals surface area contributed by atoms with Crippen LogP contribution in [0.2, 0.25) is 0 Å². The molecule has 0 radical (unpaired) electrons. The van der Waals surface area contributed by atoms with Gasteiger partial charge in [-0.15, -0.1) is 0 Å². The molecule has 1 aromatic heterocycles. The van der Waals surface area contributed by atoms with Crippen molar-refractivity contribution in [2.75, 3.05) is 37.2 Å². The molecule has 1 aromatic rings. The van der Waals surface area contributed by atoms with Gasteiger partial charge in [0.2, 0.25) is 11.8 Å². The first kappa shape index (κ1) is 19.4. The number of carbonyl (C=O) groups excluding carboxylic acids is 2. The molecule has 1 saturated heterocycles. The number of amides is 2. The normalized spacial score (nSPS) is 16.6. The largest absolute Gasteiger partial charge is 0.429 e. The first-order chi connectivity index (χ1) is 11.7. The molecule has 10 nitrogen and oxygen atoms in total. The summed E-state index contributed by atoms with van der Waals surface area (Å²) in [5.41, 5.74) is 0. The van der Waals surface area contributed by atoms with Crippen molar-refractivity contribution in [1.82, 2.24) is 15.2 Å². The number of rotatable bonds is 6. The van der Waals surface area contributed by atoms with Gasteiger partial charge in [-0.2, -0.15) is 0 Å². The molecule has 140 valence electrons.